The van der Waals surface area contributed by atoms with E-state index in [1.54, 1.807) is 0 Å². The summed E-state index contributed by atoms with van der Waals surface area (Å²) in [7, 11) is 0. The van der Waals surface area contributed by atoms with Crippen LogP contribution in [-0.4, -0.2) is 10.6 Å². The third kappa shape index (κ3) is 1.84. The van der Waals surface area contributed by atoms with Gasteiger partial charge in [-0.2, -0.15) is 6.57 Å². The zero-order valence-electron chi connectivity index (χ0n) is 3.26. The third-order valence-corrected chi connectivity index (χ3v) is 0.512. The molecule has 7 heavy (non-hydrogen) atoms. The average Bonchev–Trinajstić information content (AvgIpc) is 1.65. The normalized spacial score (nSPS) is 6.86. The van der Waals surface area contributed by atoms with Gasteiger partial charge in [0, 0.05) is 0 Å². The molecule has 4 nitrogen and oxygen atoms in total. The fourth-order valence-electron chi connectivity index (χ4n) is 0.0493. The summed E-state index contributed by atoms with van der Waals surface area (Å²) in [6, 6.07) is -0.961. The maximum absolute atomic E-state index is 9.73. The van der Waals surface area contributed by atoms with E-state index in [2.05, 4.69) is 10.7 Å². The molecule has 0 aliphatic carbocycles. The van der Waals surface area contributed by atoms with Crippen LogP contribution in [0.3, 0.4) is 0 Å². The topological polar surface area (TPSA) is 50.7 Å². The van der Waals surface area contributed by atoms with E-state index < -0.39 is 6.03 Å². The van der Waals surface area contributed by atoms with Gasteiger partial charge in [0.25, 0.3) is 0 Å². The van der Waals surface area contributed by atoms with E-state index in [0.717, 1.165) is 0 Å². The Morgan fingerprint density at radius 2 is 2.43 bits per heavy atom. The Morgan fingerprint density at radius 1 is 2.00 bits per heavy atom. The van der Waals surface area contributed by atoms with Gasteiger partial charge in [0.15, 0.2) is 0 Å². The Morgan fingerprint density at radius 3 is 2.43 bits per heavy atom. The van der Waals surface area contributed by atoms with Crippen LogP contribution < -0.4 is 5.73 Å². The van der Waals surface area contributed by atoms with Crippen LogP contribution >= 0.6 is 11.8 Å². The smallest absolute Gasteiger partial charge is 0.345 e. The lowest BCUT2D eigenvalue weighted by Crippen LogP contribution is -2.20. The monoisotopic (exact) mass is 119 g/mol. The summed E-state index contributed by atoms with van der Waals surface area (Å²) in [4.78, 5) is 12.2. The number of halogens is 1. The summed E-state index contributed by atoms with van der Waals surface area (Å²) in [5.74, 6) is 0. The lowest BCUT2D eigenvalue weighted by atomic mass is 11.1. The maximum atomic E-state index is 9.73. The molecule has 2 N–H and O–H groups in total. The fourth-order valence-corrected chi connectivity index (χ4v) is 0.0493. The van der Waals surface area contributed by atoms with Crippen molar-refractivity contribution in [3.8, 4) is 0 Å². The number of nitrogens with two attached hydrogens (primary N) is 1. The highest BCUT2D eigenvalue weighted by atomic mass is 35.5. The van der Waals surface area contributed by atoms with Crippen LogP contribution in [0.2, 0.25) is 0 Å². The first-order valence-corrected chi connectivity index (χ1v) is 1.65. The van der Waals surface area contributed by atoms with Gasteiger partial charge in [-0.05, 0) is 0 Å². The minimum absolute atomic E-state index is 0.194. The Bertz CT molecular complexity index is 117. The van der Waals surface area contributed by atoms with Gasteiger partial charge in [-0.1, -0.05) is 0 Å². The molecule has 0 aromatic carbocycles. The summed E-state index contributed by atoms with van der Waals surface area (Å²) >= 11 is 4.80. The highest BCUT2D eigenvalue weighted by Crippen LogP contribution is 1.90. The van der Waals surface area contributed by atoms with Gasteiger partial charge >= 0.3 is 6.03 Å². The molecule has 0 fully saturated rings. The van der Waals surface area contributed by atoms with Gasteiger partial charge in [0.2, 0.25) is 0 Å². The van der Waals surface area contributed by atoms with E-state index >= 15 is 0 Å². The van der Waals surface area contributed by atoms with Crippen molar-refractivity contribution < 1.29 is 4.79 Å². The van der Waals surface area contributed by atoms with E-state index in [0.29, 0.717) is 0 Å². The zero-order valence-corrected chi connectivity index (χ0v) is 4.01. The van der Waals surface area contributed by atoms with Gasteiger partial charge in [-0.15, -0.1) is 4.95 Å². The molecule has 0 aromatic rings. The van der Waals surface area contributed by atoms with Crippen LogP contribution in [-0.2, 0) is 0 Å². The summed E-state index contributed by atoms with van der Waals surface area (Å²) < 4.78 is 0.194. The van der Waals surface area contributed by atoms with E-state index in [1.807, 2.05) is 0 Å². The minimum Gasteiger partial charge on any atom is -0.345 e. The van der Waals surface area contributed by atoms with Crippen molar-refractivity contribution in [2.45, 2.75) is 0 Å². The molecule has 5 heteroatoms. The molecule has 0 saturated carbocycles. The second kappa shape index (κ2) is 2.26. The first kappa shape index (κ1) is 6.05. The number of amides is 2. The lowest BCUT2D eigenvalue weighted by molar-refractivity contribution is 0.240. The number of nitrogens with zero attached hydrogens (tertiary/aromatic N) is 2. The van der Waals surface area contributed by atoms with Crippen molar-refractivity contribution in [1.82, 2.24) is 4.53 Å². The molecule has 0 saturated heterocycles. The van der Waals surface area contributed by atoms with E-state index in [4.69, 9.17) is 18.3 Å². The highest BCUT2D eigenvalue weighted by molar-refractivity contribution is 6.21. The molecule has 0 aromatic heterocycles. The van der Waals surface area contributed by atoms with E-state index in [-0.39, 0.29) is 4.53 Å². The van der Waals surface area contributed by atoms with Crippen molar-refractivity contribution in [2.24, 2.45) is 5.73 Å². The molecule has 0 unspecified atom stereocenters. The van der Waals surface area contributed by atoms with Gasteiger partial charge < -0.3 is 5.73 Å². The molecule has 0 aliphatic heterocycles. The first-order chi connectivity index (χ1) is 3.18. The van der Waals surface area contributed by atoms with Crippen LogP contribution in [0, 0.1) is 6.57 Å². The quantitative estimate of drug-likeness (QED) is 0.279. The number of urea groups is 1. The Hall–Kier alpha value is -0.950. The van der Waals surface area contributed by atoms with Crippen molar-refractivity contribution in [3.63, 3.8) is 0 Å². The molecule has 0 atom stereocenters. The summed E-state index contributed by atoms with van der Waals surface area (Å²) in [6.07, 6.45) is 0. The molecule has 38 valence electrons. The summed E-state index contributed by atoms with van der Waals surface area (Å²) in [6.45, 7) is 6.06. The fraction of sp³-hybridized carbons (Fsp3) is 0. The number of rotatable bonds is 0. The Labute approximate surface area is 45.4 Å². The van der Waals surface area contributed by atoms with Crippen LogP contribution in [0.25, 0.3) is 4.95 Å². The minimum atomic E-state index is -0.961. The molecule has 0 spiro atoms. The van der Waals surface area contributed by atoms with Gasteiger partial charge in [0.1, 0.15) is 11.8 Å². The van der Waals surface area contributed by atoms with Crippen molar-refractivity contribution >= 4 is 17.8 Å². The van der Waals surface area contributed by atoms with Crippen LogP contribution in [0.5, 0.6) is 0 Å². The number of carbonyl (C=O) groups is 1. The van der Waals surface area contributed by atoms with Crippen LogP contribution in [0.15, 0.2) is 0 Å². The highest BCUT2D eigenvalue weighted by Gasteiger charge is 2.06. The molecule has 0 aliphatic rings. The van der Waals surface area contributed by atoms with Crippen molar-refractivity contribution in [2.75, 3.05) is 0 Å². The summed E-state index contributed by atoms with van der Waals surface area (Å²) in [5, 5.41) is 0. The molecule has 0 bridgehead atoms. The predicted octanol–water partition coefficient (Wildman–Crippen LogP) is 0.355. The second-order valence-electron chi connectivity index (χ2n) is 0.698. The number of hydrogen-bond donors (Lipinski definition) is 1. The second-order valence-corrected chi connectivity index (χ2v) is 1.02. The van der Waals surface area contributed by atoms with Crippen LogP contribution in [0.4, 0.5) is 4.79 Å². The molecule has 2 amide bonds. The van der Waals surface area contributed by atoms with Crippen molar-refractivity contribution in [3.05, 3.63) is 11.5 Å². The average molecular weight is 120 g/mol. The van der Waals surface area contributed by atoms with E-state index in [9.17, 15) is 4.79 Å². The predicted molar refractivity (Wildman–Crippen MR) is 23.9 cm³/mol. The number of carbonyl (C=O) groups excluding carboxylic acids is 1. The van der Waals surface area contributed by atoms with E-state index in [1.165, 1.54) is 0 Å². The largest absolute Gasteiger partial charge is 0.400 e. The Balaban J connectivity index is 3.63. The molecular formula is C2H2ClN3O. The van der Waals surface area contributed by atoms with Crippen LogP contribution in [0.1, 0.15) is 0 Å². The lowest BCUT2D eigenvalue weighted by Gasteiger charge is -1.86. The first-order valence-electron chi connectivity index (χ1n) is 1.31. The van der Waals surface area contributed by atoms with Crippen molar-refractivity contribution in [1.29, 1.82) is 0 Å². The number of hydrogen-bond acceptors (Lipinski definition) is 1. The summed E-state index contributed by atoms with van der Waals surface area (Å²) in [5.41, 5.74) is 4.49. The maximum Gasteiger partial charge on any atom is 0.400 e. The van der Waals surface area contributed by atoms with Gasteiger partial charge in [-0.3, -0.25) is 0 Å². The number of primary amides is 1. The molecular weight excluding hydrogens is 117 g/mol. The molecule has 0 heterocycles. The SMILES string of the molecule is [C-]#[N+]N(Cl)C(N)=O. The molecule has 0 rings (SSSR count). The standard InChI is InChI=1S/C2H2ClN3O/c1-5-6(3)2(4)7/h(H2,4,7). The molecule has 0 radical (unpaired) electrons. The van der Waals surface area contributed by atoms with Gasteiger partial charge in [-0.25, -0.2) is 4.79 Å². The third-order valence-electron chi connectivity index (χ3n) is 0.270. The van der Waals surface area contributed by atoms with Gasteiger partial charge in [0.05, 0.1) is 4.53 Å². The zero-order chi connectivity index (χ0) is 5.86. The Kier molecular flexibility index (Phi) is 1.96.